The number of aromatic nitrogens is 4. The van der Waals surface area contributed by atoms with E-state index in [9.17, 15) is 18.0 Å². The minimum absolute atomic E-state index is 0.0254. The molecule has 1 aliphatic heterocycles. The molecule has 3 aromatic rings. The molecule has 3 heterocycles. The first-order valence-corrected chi connectivity index (χ1v) is 10.9. The fourth-order valence-electron chi connectivity index (χ4n) is 4.17. The van der Waals surface area contributed by atoms with Gasteiger partial charge in [-0.25, -0.2) is 14.6 Å². The van der Waals surface area contributed by atoms with E-state index in [0.29, 0.717) is 18.7 Å². The third kappa shape index (κ3) is 4.22. The maximum atomic E-state index is 13.5. The lowest BCUT2D eigenvalue weighted by Crippen LogP contribution is -2.47. The minimum atomic E-state index is -4.51. The maximum absolute atomic E-state index is 13.5. The van der Waals surface area contributed by atoms with Crippen molar-refractivity contribution in [3.8, 4) is 17.2 Å². The van der Waals surface area contributed by atoms with E-state index in [1.807, 2.05) is 11.9 Å². The van der Waals surface area contributed by atoms with Gasteiger partial charge >= 0.3 is 6.18 Å². The quantitative estimate of drug-likeness (QED) is 0.600. The maximum Gasteiger partial charge on any atom is 0.417 e. The molecule has 1 aliphatic carbocycles. The number of hydrogen-bond donors (Lipinski definition) is 0. The predicted molar refractivity (Wildman–Crippen MR) is 115 cm³/mol. The summed E-state index contributed by atoms with van der Waals surface area (Å²) in [6.45, 7) is 2.90. The summed E-state index contributed by atoms with van der Waals surface area (Å²) in [5.41, 5.74) is 0.620. The number of piperazine rings is 1. The van der Waals surface area contributed by atoms with Gasteiger partial charge in [0.2, 0.25) is 0 Å². The van der Waals surface area contributed by atoms with Crippen LogP contribution in [0.15, 0.2) is 42.7 Å². The molecule has 0 radical (unpaired) electrons. The van der Waals surface area contributed by atoms with Crippen molar-refractivity contribution in [2.24, 2.45) is 0 Å². The summed E-state index contributed by atoms with van der Waals surface area (Å²) in [7, 11) is 2.02. The van der Waals surface area contributed by atoms with Crippen molar-refractivity contribution in [2.75, 3.05) is 33.2 Å². The van der Waals surface area contributed by atoms with Crippen LogP contribution >= 0.6 is 0 Å². The molecular weight excluding hydrogens is 433 g/mol. The molecule has 10 heteroatoms. The Morgan fingerprint density at radius 2 is 1.79 bits per heavy atom. The highest BCUT2D eigenvalue weighted by molar-refractivity contribution is 5.95. The number of hydrogen-bond acceptors (Lipinski definition) is 5. The molecule has 1 amide bonds. The molecule has 5 rings (SSSR count). The van der Waals surface area contributed by atoms with Gasteiger partial charge in [0.1, 0.15) is 0 Å². The Labute approximate surface area is 188 Å². The summed E-state index contributed by atoms with van der Waals surface area (Å²) in [5, 5.41) is 4.40. The van der Waals surface area contributed by atoms with Crippen molar-refractivity contribution in [3.63, 3.8) is 0 Å². The third-order valence-electron chi connectivity index (χ3n) is 6.13. The highest BCUT2D eigenvalue weighted by Crippen LogP contribution is 2.43. The average Bonchev–Trinajstić information content (AvgIpc) is 3.56. The fraction of sp³-hybridized carbons (Fsp3) is 0.391. The van der Waals surface area contributed by atoms with Crippen LogP contribution in [0.3, 0.4) is 0 Å². The number of alkyl halides is 3. The fourth-order valence-corrected chi connectivity index (χ4v) is 4.17. The van der Waals surface area contributed by atoms with Crippen molar-refractivity contribution in [2.45, 2.75) is 24.9 Å². The van der Waals surface area contributed by atoms with E-state index in [4.69, 9.17) is 0 Å². The number of likely N-dealkylation sites (N-methyl/N-ethyl adjacent to an activating group) is 1. The monoisotopic (exact) mass is 456 g/mol. The normalized spacial score (nSPS) is 17.4. The van der Waals surface area contributed by atoms with Crippen molar-refractivity contribution in [3.05, 3.63) is 59.5 Å². The molecule has 0 N–H and O–H groups in total. The zero-order valence-corrected chi connectivity index (χ0v) is 18.1. The van der Waals surface area contributed by atoms with Gasteiger partial charge in [0.05, 0.1) is 28.7 Å². The van der Waals surface area contributed by atoms with E-state index in [1.165, 1.54) is 35.3 Å². The lowest BCUT2D eigenvalue weighted by Gasteiger charge is -2.32. The van der Waals surface area contributed by atoms with Gasteiger partial charge in [-0.3, -0.25) is 4.79 Å². The summed E-state index contributed by atoms with van der Waals surface area (Å²) < 4.78 is 42.1. The standard InChI is InChI=1S/C23H23F3N6O/c1-30-10-12-31(13-11-30)21(33)17-14-28-32(20(17)15-6-7-15)22-27-9-8-19(29-22)16-4-2-3-5-18(16)23(24,25)26/h2-5,8-9,14-15H,6-7,10-13H2,1H3. The van der Waals surface area contributed by atoms with Gasteiger partial charge in [-0.1, -0.05) is 18.2 Å². The van der Waals surface area contributed by atoms with Crippen LogP contribution in [0, 0.1) is 0 Å². The topological polar surface area (TPSA) is 67.2 Å². The predicted octanol–water partition coefficient (Wildman–Crippen LogP) is 3.61. The Kier molecular flexibility index (Phi) is 5.40. The zero-order valence-electron chi connectivity index (χ0n) is 18.1. The second-order valence-corrected chi connectivity index (χ2v) is 8.51. The summed E-state index contributed by atoms with van der Waals surface area (Å²) >= 11 is 0. The Bertz CT molecular complexity index is 1180. The van der Waals surface area contributed by atoms with E-state index in [-0.39, 0.29) is 29.0 Å². The largest absolute Gasteiger partial charge is 0.417 e. The van der Waals surface area contributed by atoms with Crippen molar-refractivity contribution in [1.82, 2.24) is 29.5 Å². The van der Waals surface area contributed by atoms with E-state index in [1.54, 1.807) is 6.07 Å². The number of carbonyl (C=O) groups is 1. The number of carbonyl (C=O) groups excluding carboxylic acids is 1. The van der Waals surface area contributed by atoms with Gasteiger partial charge in [0, 0.05) is 43.9 Å². The van der Waals surface area contributed by atoms with Gasteiger partial charge in [-0.05, 0) is 32.0 Å². The second-order valence-electron chi connectivity index (χ2n) is 8.51. The first-order chi connectivity index (χ1) is 15.8. The SMILES string of the molecule is CN1CCN(C(=O)c2cnn(-c3nccc(-c4ccccc4C(F)(F)F)n3)c2C2CC2)CC1. The molecule has 1 saturated carbocycles. The number of benzene rings is 1. The molecule has 2 aromatic heterocycles. The molecule has 0 bridgehead atoms. The van der Waals surface area contributed by atoms with Crippen LogP contribution in [0.1, 0.15) is 40.4 Å². The third-order valence-corrected chi connectivity index (χ3v) is 6.13. The molecule has 1 saturated heterocycles. The van der Waals surface area contributed by atoms with E-state index >= 15 is 0 Å². The van der Waals surface area contributed by atoms with Crippen LogP contribution in [0.5, 0.6) is 0 Å². The van der Waals surface area contributed by atoms with E-state index in [0.717, 1.165) is 37.7 Å². The molecule has 1 aromatic carbocycles. The van der Waals surface area contributed by atoms with Gasteiger partial charge in [-0.15, -0.1) is 0 Å². The lowest BCUT2D eigenvalue weighted by molar-refractivity contribution is -0.137. The lowest BCUT2D eigenvalue weighted by atomic mass is 10.0. The Morgan fingerprint density at radius 3 is 2.48 bits per heavy atom. The van der Waals surface area contributed by atoms with Crippen molar-refractivity contribution in [1.29, 1.82) is 0 Å². The minimum Gasteiger partial charge on any atom is -0.336 e. The highest BCUT2D eigenvalue weighted by atomic mass is 19.4. The van der Waals surface area contributed by atoms with Crippen molar-refractivity contribution < 1.29 is 18.0 Å². The van der Waals surface area contributed by atoms with Crippen LogP contribution in [-0.4, -0.2) is 68.7 Å². The van der Waals surface area contributed by atoms with Crippen LogP contribution in [-0.2, 0) is 6.18 Å². The van der Waals surface area contributed by atoms with Crippen molar-refractivity contribution >= 4 is 5.91 Å². The summed E-state index contributed by atoms with van der Waals surface area (Å²) in [6, 6.07) is 6.77. The van der Waals surface area contributed by atoms with Gasteiger partial charge in [-0.2, -0.15) is 18.3 Å². The van der Waals surface area contributed by atoms with E-state index in [2.05, 4.69) is 20.0 Å². The Morgan fingerprint density at radius 1 is 1.06 bits per heavy atom. The summed E-state index contributed by atoms with van der Waals surface area (Å²) in [4.78, 5) is 25.9. The zero-order chi connectivity index (χ0) is 23.2. The average molecular weight is 456 g/mol. The van der Waals surface area contributed by atoms with Gasteiger partial charge in [0.15, 0.2) is 0 Å². The second kappa shape index (κ2) is 8.26. The molecule has 7 nitrogen and oxygen atoms in total. The first kappa shape index (κ1) is 21.6. The number of amides is 1. The highest BCUT2D eigenvalue weighted by Gasteiger charge is 2.36. The number of halogens is 3. The van der Waals surface area contributed by atoms with Gasteiger partial charge < -0.3 is 9.80 Å². The molecule has 0 atom stereocenters. The number of rotatable bonds is 4. The van der Waals surface area contributed by atoms with Crippen LogP contribution in [0.2, 0.25) is 0 Å². The van der Waals surface area contributed by atoms with E-state index < -0.39 is 11.7 Å². The van der Waals surface area contributed by atoms with Crippen LogP contribution in [0.4, 0.5) is 13.2 Å². The summed E-state index contributed by atoms with van der Waals surface area (Å²) in [5.74, 6) is 0.243. The van der Waals surface area contributed by atoms with Crippen LogP contribution < -0.4 is 0 Å². The molecule has 0 spiro atoms. The number of nitrogens with zero attached hydrogens (tertiary/aromatic N) is 6. The smallest absolute Gasteiger partial charge is 0.336 e. The molecule has 172 valence electrons. The summed E-state index contributed by atoms with van der Waals surface area (Å²) in [6.07, 6.45) is 0.296. The molecule has 2 aliphatic rings. The van der Waals surface area contributed by atoms with Crippen LogP contribution in [0.25, 0.3) is 17.2 Å². The Balaban J connectivity index is 1.52. The molecule has 33 heavy (non-hydrogen) atoms. The van der Waals surface area contributed by atoms with Gasteiger partial charge in [0.25, 0.3) is 11.9 Å². The first-order valence-electron chi connectivity index (χ1n) is 10.9. The Hall–Kier alpha value is -3.27. The molecular formula is C23H23F3N6O. The molecule has 0 unspecified atom stereocenters. The molecule has 2 fully saturated rings.